The average Bonchev–Trinajstić information content (AvgIpc) is 3.42. The van der Waals surface area contributed by atoms with Gasteiger partial charge in [0.15, 0.2) is 0 Å². The maximum atomic E-state index is 14.8. The van der Waals surface area contributed by atoms with Gasteiger partial charge in [0.25, 0.3) is 0 Å². The highest BCUT2D eigenvalue weighted by atomic mass is 32.1. The molecule has 1 fully saturated rings. The lowest BCUT2D eigenvalue weighted by molar-refractivity contribution is 0.143. The third-order valence-corrected chi connectivity index (χ3v) is 4.66. The summed E-state index contributed by atoms with van der Waals surface area (Å²) in [4.78, 5) is 22.5. The Morgan fingerprint density at radius 1 is 1.41 bits per heavy atom. The molecule has 1 aromatic carbocycles. The zero-order chi connectivity index (χ0) is 20.4. The fourth-order valence-corrected chi connectivity index (χ4v) is 3.20. The second kappa shape index (κ2) is 8.00. The molecule has 1 amide bonds. The zero-order valence-electron chi connectivity index (χ0n) is 15.7. The number of thiocarbonyl (C=S) groups is 1. The SMILES string of the molecule is CC(=S)NC[C@H]1CN(c2ccc(-n3cnc(Cn4ccnc4)c3)c(F)c2)C(=O)O1. The molecule has 4 rings (SSSR count). The summed E-state index contributed by atoms with van der Waals surface area (Å²) in [5, 5.41) is 2.98. The van der Waals surface area contributed by atoms with Gasteiger partial charge in [-0.05, 0) is 25.1 Å². The van der Waals surface area contributed by atoms with Crippen LogP contribution >= 0.6 is 12.2 Å². The van der Waals surface area contributed by atoms with E-state index in [1.54, 1.807) is 48.7 Å². The van der Waals surface area contributed by atoms with Gasteiger partial charge in [-0.15, -0.1) is 0 Å². The molecular weight excluding hydrogens is 395 g/mol. The van der Waals surface area contributed by atoms with Crippen molar-refractivity contribution in [3.8, 4) is 5.69 Å². The van der Waals surface area contributed by atoms with Crippen LogP contribution in [0.25, 0.3) is 5.69 Å². The predicted octanol–water partition coefficient (Wildman–Crippen LogP) is 2.52. The first kappa shape index (κ1) is 19.1. The van der Waals surface area contributed by atoms with E-state index in [9.17, 15) is 9.18 Å². The number of rotatable bonds is 6. The highest BCUT2D eigenvalue weighted by Gasteiger charge is 2.32. The summed E-state index contributed by atoms with van der Waals surface area (Å²) in [5.74, 6) is -0.460. The van der Waals surface area contributed by atoms with Crippen molar-refractivity contribution in [3.05, 3.63) is 61.0 Å². The van der Waals surface area contributed by atoms with Crippen LogP contribution in [0.15, 0.2) is 49.4 Å². The zero-order valence-corrected chi connectivity index (χ0v) is 16.5. The third-order valence-electron chi connectivity index (χ3n) is 4.51. The predicted molar refractivity (Wildman–Crippen MR) is 109 cm³/mol. The lowest BCUT2D eigenvalue weighted by Crippen LogP contribution is -2.32. The van der Waals surface area contributed by atoms with Crippen molar-refractivity contribution in [1.82, 2.24) is 24.4 Å². The Balaban J connectivity index is 1.48. The molecule has 2 aromatic heterocycles. The van der Waals surface area contributed by atoms with Crippen LogP contribution in [0, 0.1) is 5.82 Å². The number of hydrogen-bond donors (Lipinski definition) is 1. The first-order valence-electron chi connectivity index (χ1n) is 9.00. The van der Waals surface area contributed by atoms with Crippen molar-refractivity contribution < 1.29 is 13.9 Å². The van der Waals surface area contributed by atoms with Crippen LogP contribution in [0.4, 0.5) is 14.9 Å². The topological polar surface area (TPSA) is 77.2 Å². The Morgan fingerprint density at radius 2 is 2.28 bits per heavy atom. The van der Waals surface area contributed by atoms with Gasteiger partial charge >= 0.3 is 6.09 Å². The Bertz CT molecular complexity index is 1040. The summed E-state index contributed by atoms with van der Waals surface area (Å²) in [6.45, 7) is 3.05. The maximum Gasteiger partial charge on any atom is 0.414 e. The highest BCUT2D eigenvalue weighted by Crippen LogP contribution is 2.25. The quantitative estimate of drug-likeness (QED) is 0.625. The van der Waals surface area contributed by atoms with Crippen molar-refractivity contribution in [2.45, 2.75) is 19.6 Å². The summed E-state index contributed by atoms with van der Waals surface area (Å²) >= 11 is 4.97. The van der Waals surface area contributed by atoms with Gasteiger partial charge in [0.1, 0.15) is 11.9 Å². The number of anilines is 1. The van der Waals surface area contributed by atoms with Crippen molar-refractivity contribution >= 4 is 29.0 Å². The molecule has 1 aliphatic heterocycles. The summed E-state index contributed by atoms with van der Waals surface area (Å²) in [6.07, 6.45) is 7.69. The van der Waals surface area contributed by atoms with Crippen LogP contribution in [0.5, 0.6) is 0 Å². The van der Waals surface area contributed by atoms with E-state index in [-0.39, 0.29) is 6.10 Å². The number of hydrogen-bond acceptors (Lipinski definition) is 5. The molecule has 10 heteroatoms. The van der Waals surface area contributed by atoms with Gasteiger partial charge in [-0.1, -0.05) is 12.2 Å². The second-order valence-corrected chi connectivity index (χ2v) is 7.31. The van der Waals surface area contributed by atoms with Crippen molar-refractivity contribution in [3.63, 3.8) is 0 Å². The molecule has 3 heterocycles. The van der Waals surface area contributed by atoms with E-state index < -0.39 is 11.9 Å². The summed E-state index contributed by atoms with van der Waals surface area (Å²) in [5.41, 5.74) is 1.57. The molecule has 29 heavy (non-hydrogen) atoms. The normalized spacial score (nSPS) is 16.1. The number of carbonyl (C=O) groups is 1. The molecule has 8 nitrogen and oxygen atoms in total. The number of halogens is 1. The molecule has 0 bridgehead atoms. The third kappa shape index (κ3) is 4.27. The summed E-state index contributed by atoms with van der Waals surface area (Å²) in [7, 11) is 0. The molecule has 150 valence electrons. The smallest absolute Gasteiger partial charge is 0.414 e. The standard InChI is InChI=1S/C19H19FN6O2S/c1-13(29)22-7-16-10-26(19(27)28-16)15-2-3-18(17(20)6-15)25-9-14(23-12-25)8-24-5-4-21-11-24/h2-6,9,11-12,16H,7-8,10H2,1H3,(H,22,29)/t16-/m0/s1. The van der Waals surface area contributed by atoms with E-state index in [1.807, 2.05) is 10.8 Å². The van der Waals surface area contributed by atoms with Gasteiger partial charge in [0.2, 0.25) is 0 Å². The van der Waals surface area contributed by atoms with E-state index in [0.717, 1.165) is 5.69 Å². The van der Waals surface area contributed by atoms with E-state index in [4.69, 9.17) is 17.0 Å². The molecule has 1 N–H and O–H groups in total. The van der Waals surface area contributed by atoms with Crippen LogP contribution in [0.3, 0.4) is 0 Å². The minimum atomic E-state index is -0.503. The van der Waals surface area contributed by atoms with E-state index in [2.05, 4.69) is 15.3 Å². The fraction of sp³-hybridized carbons (Fsp3) is 0.263. The Morgan fingerprint density at radius 3 is 3.00 bits per heavy atom. The van der Waals surface area contributed by atoms with Crippen LogP contribution in [0.1, 0.15) is 12.6 Å². The average molecular weight is 414 g/mol. The first-order valence-corrected chi connectivity index (χ1v) is 9.41. The Labute approximate surface area is 171 Å². The van der Waals surface area contributed by atoms with Crippen LogP contribution in [-0.2, 0) is 11.3 Å². The first-order chi connectivity index (χ1) is 14.0. The number of ether oxygens (including phenoxy) is 1. The monoisotopic (exact) mass is 414 g/mol. The minimum Gasteiger partial charge on any atom is -0.442 e. The van der Waals surface area contributed by atoms with Crippen molar-refractivity contribution in [2.75, 3.05) is 18.0 Å². The van der Waals surface area contributed by atoms with Crippen LogP contribution < -0.4 is 10.2 Å². The maximum absolute atomic E-state index is 14.8. The van der Waals surface area contributed by atoms with E-state index in [0.29, 0.717) is 36.0 Å². The molecule has 0 radical (unpaired) electrons. The fourth-order valence-electron chi connectivity index (χ4n) is 3.11. The summed E-state index contributed by atoms with van der Waals surface area (Å²) < 4.78 is 23.6. The van der Waals surface area contributed by atoms with E-state index >= 15 is 0 Å². The van der Waals surface area contributed by atoms with Crippen molar-refractivity contribution in [1.29, 1.82) is 0 Å². The number of amides is 1. The lowest BCUT2D eigenvalue weighted by Gasteiger charge is -2.14. The molecule has 1 atom stereocenters. The van der Waals surface area contributed by atoms with Gasteiger partial charge in [-0.2, -0.15) is 0 Å². The van der Waals surface area contributed by atoms with Crippen molar-refractivity contribution in [2.24, 2.45) is 0 Å². The van der Waals surface area contributed by atoms with Gasteiger partial charge in [-0.25, -0.2) is 19.2 Å². The van der Waals surface area contributed by atoms with Gasteiger partial charge < -0.3 is 19.2 Å². The molecule has 0 saturated carbocycles. The van der Waals surface area contributed by atoms with Crippen LogP contribution in [-0.4, -0.2) is 49.4 Å². The number of nitrogens with one attached hydrogen (secondary N) is 1. The molecule has 0 spiro atoms. The molecular formula is C19H19FN6O2S. The number of aromatic nitrogens is 4. The largest absolute Gasteiger partial charge is 0.442 e. The lowest BCUT2D eigenvalue weighted by atomic mass is 10.2. The number of cyclic esters (lactones) is 1. The Kier molecular flexibility index (Phi) is 5.26. The second-order valence-electron chi connectivity index (χ2n) is 6.70. The van der Waals surface area contributed by atoms with Gasteiger partial charge in [-0.3, -0.25) is 4.90 Å². The number of benzene rings is 1. The number of nitrogens with zero attached hydrogens (tertiary/aromatic N) is 5. The summed E-state index contributed by atoms with van der Waals surface area (Å²) in [6, 6.07) is 4.63. The molecule has 0 unspecified atom stereocenters. The molecule has 1 saturated heterocycles. The van der Waals surface area contributed by atoms with Gasteiger partial charge in [0.05, 0.1) is 54.3 Å². The minimum absolute atomic E-state index is 0.327. The Hall–Kier alpha value is -3.27. The highest BCUT2D eigenvalue weighted by molar-refractivity contribution is 7.80. The molecule has 0 aliphatic carbocycles. The number of carbonyl (C=O) groups excluding carboxylic acids is 1. The van der Waals surface area contributed by atoms with Crippen LogP contribution in [0.2, 0.25) is 0 Å². The molecule has 1 aliphatic rings. The van der Waals surface area contributed by atoms with E-state index in [1.165, 1.54) is 11.0 Å². The van der Waals surface area contributed by atoms with Gasteiger partial charge in [0, 0.05) is 18.6 Å². The molecule has 3 aromatic rings. The number of imidazole rings is 2.